The van der Waals surface area contributed by atoms with Gasteiger partial charge in [0, 0.05) is 31.7 Å². The molecule has 2 fully saturated rings. The maximum atomic E-state index is 13.2. The van der Waals surface area contributed by atoms with Crippen molar-refractivity contribution in [3.8, 4) is 0 Å². The Kier molecular flexibility index (Phi) is 4.85. The summed E-state index contributed by atoms with van der Waals surface area (Å²) < 4.78 is 13.2. The lowest BCUT2D eigenvalue weighted by Crippen LogP contribution is -2.51. The van der Waals surface area contributed by atoms with Crippen LogP contribution in [-0.4, -0.2) is 58.5 Å². The van der Waals surface area contributed by atoms with Crippen molar-refractivity contribution in [2.24, 2.45) is 0 Å². The number of carbonyl (C=O) groups is 2. The Labute approximate surface area is 141 Å². The van der Waals surface area contributed by atoms with E-state index < -0.39 is 11.4 Å². The van der Waals surface area contributed by atoms with Gasteiger partial charge in [-0.3, -0.25) is 9.59 Å². The summed E-state index contributed by atoms with van der Waals surface area (Å²) in [5.74, 6) is -0.687. The molecule has 2 aliphatic rings. The smallest absolute Gasteiger partial charge is 0.254 e. The number of hydrogen-bond acceptors (Lipinski definition) is 3. The van der Waals surface area contributed by atoms with Gasteiger partial charge in [-0.2, -0.15) is 0 Å². The highest BCUT2D eigenvalue weighted by Crippen LogP contribution is 2.32. The molecular formula is C18H23FN2O3. The fraction of sp³-hybridized carbons (Fsp3) is 0.556. The second kappa shape index (κ2) is 6.89. The second-order valence-corrected chi connectivity index (χ2v) is 6.79. The number of nitrogens with zero attached hydrogens (tertiary/aromatic N) is 2. The molecule has 5 nitrogen and oxygen atoms in total. The largest absolute Gasteiger partial charge is 0.389 e. The van der Waals surface area contributed by atoms with Crippen LogP contribution < -0.4 is 0 Å². The van der Waals surface area contributed by atoms with Gasteiger partial charge in [0.05, 0.1) is 12.0 Å². The lowest BCUT2D eigenvalue weighted by atomic mass is 9.97. The fourth-order valence-electron chi connectivity index (χ4n) is 3.57. The molecule has 0 bridgehead atoms. The highest BCUT2D eigenvalue weighted by molar-refractivity contribution is 5.94. The number of benzene rings is 1. The molecule has 0 atom stereocenters. The van der Waals surface area contributed by atoms with Crippen molar-refractivity contribution in [2.75, 3.05) is 26.2 Å². The van der Waals surface area contributed by atoms with Crippen molar-refractivity contribution in [3.05, 3.63) is 35.6 Å². The molecular weight excluding hydrogens is 311 g/mol. The molecule has 1 aromatic rings. The number of hydrogen-bond donors (Lipinski definition) is 1. The highest BCUT2D eigenvalue weighted by atomic mass is 19.1. The lowest BCUT2D eigenvalue weighted by Gasteiger charge is -2.36. The molecule has 1 aliphatic heterocycles. The van der Waals surface area contributed by atoms with E-state index in [0.717, 1.165) is 12.8 Å². The summed E-state index contributed by atoms with van der Waals surface area (Å²) >= 11 is 0. The fourth-order valence-corrected chi connectivity index (χ4v) is 3.57. The first-order chi connectivity index (χ1) is 11.5. The molecule has 1 heterocycles. The van der Waals surface area contributed by atoms with Gasteiger partial charge < -0.3 is 14.9 Å². The minimum Gasteiger partial charge on any atom is -0.389 e. The molecule has 0 radical (unpaired) electrons. The Morgan fingerprint density at radius 1 is 1.08 bits per heavy atom. The van der Waals surface area contributed by atoms with Crippen molar-refractivity contribution in [2.45, 2.75) is 37.7 Å². The van der Waals surface area contributed by atoms with Crippen LogP contribution in [0.25, 0.3) is 0 Å². The number of carbonyl (C=O) groups excluding carboxylic acids is 2. The molecule has 1 saturated heterocycles. The van der Waals surface area contributed by atoms with Crippen molar-refractivity contribution in [1.29, 1.82) is 0 Å². The maximum absolute atomic E-state index is 13.2. The third kappa shape index (κ3) is 3.75. The minimum absolute atomic E-state index is 0.0442. The first kappa shape index (κ1) is 16.9. The summed E-state index contributed by atoms with van der Waals surface area (Å²) in [4.78, 5) is 28.1. The summed E-state index contributed by atoms with van der Waals surface area (Å²) in [6.45, 7) is 1.77. The molecule has 2 amide bonds. The average molecular weight is 334 g/mol. The monoisotopic (exact) mass is 334 g/mol. The standard InChI is InChI=1S/C18H23FN2O3/c19-15-5-3-4-14(12-15)17(23)21-10-8-20(9-11-21)16(22)13-18(24)6-1-2-7-18/h3-5,12,24H,1-2,6-11,13H2. The SMILES string of the molecule is O=C(CC1(O)CCCC1)N1CCN(C(=O)c2cccc(F)c2)CC1. The van der Waals surface area contributed by atoms with E-state index in [1.165, 1.54) is 18.2 Å². The Hall–Kier alpha value is -1.95. The van der Waals surface area contributed by atoms with Crippen molar-refractivity contribution in [3.63, 3.8) is 0 Å². The Bertz CT molecular complexity index is 620. The maximum Gasteiger partial charge on any atom is 0.254 e. The number of halogens is 1. The van der Waals surface area contributed by atoms with Crippen LogP contribution in [0.2, 0.25) is 0 Å². The lowest BCUT2D eigenvalue weighted by molar-refractivity contribution is -0.137. The third-order valence-corrected chi connectivity index (χ3v) is 5.01. The summed E-state index contributed by atoms with van der Waals surface area (Å²) in [6, 6.07) is 5.65. The van der Waals surface area contributed by atoms with Gasteiger partial charge in [0.15, 0.2) is 0 Å². The van der Waals surface area contributed by atoms with E-state index in [1.807, 2.05) is 0 Å². The van der Waals surface area contributed by atoms with Crippen LogP contribution >= 0.6 is 0 Å². The van der Waals surface area contributed by atoms with Crippen LogP contribution in [-0.2, 0) is 4.79 Å². The highest BCUT2D eigenvalue weighted by Gasteiger charge is 2.35. The van der Waals surface area contributed by atoms with Crippen molar-refractivity contribution in [1.82, 2.24) is 9.80 Å². The van der Waals surface area contributed by atoms with E-state index >= 15 is 0 Å². The van der Waals surface area contributed by atoms with Gasteiger partial charge in [0.2, 0.25) is 5.91 Å². The summed E-state index contributed by atoms with van der Waals surface area (Å²) in [7, 11) is 0. The van der Waals surface area contributed by atoms with Gasteiger partial charge >= 0.3 is 0 Å². The van der Waals surface area contributed by atoms with E-state index in [1.54, 1.807) is 15.9 Å². The van der Waals surface area contributed by atoms with Gasteiger partial charge in [-0.15, -0.1) is 0 Å². The molecule has 1 saturated carbocycles. The molecule has 0 aromatic heterocycles. The van der Waals surface area contributed by atoms with E-state index in [4.69, 9.17) is 0 Å². The zero-order valence-electron chi connectivity index (χ0n) is 13.7. The predicted octanol–water partition coefficient (Wildman–Crippen LogP) is 1.81. The van der Waals surface area contributed by atoms with Crippen LogP contribution in [0.15, 0.2) is 24.3 Å². The molecule has 1 aliphatic carbocycles. The van der Waals surface area contributed by atoms with E-state index in [9.17, 15) is 19.1 Å². The molecule has 130 valence electrons. The Morgan fingerprint density at radius 2 is 1.71 bits per heavy atom. The zero-order valence-corrected chi connectivity index (χ0v) is 13.7. The van der Waals surface area contributed by atoms with E-state index in [0.29, 0.717) is 44.6 Å². The molecule has 3 rings (SSSR count). The Balaban J connectivity index is 1.53. The van der Waals surface area contributed by atoms with Crippen molar-refractivity contribution >= 4 is 11.8 Å². The number of amides is 2. The van der Waals surface area contributed by atoms with Gasteiger partial charge in [0.25, 0.3) is 5.91 Å². The molecule has 1 N–H and O–H groups in total. The molecule has 0 unspecified atom stereocenters. The van der Waals surface area contributed by atoms with Gasteiger partial charge in [-0.25, -0.2) is 4.39 Å². The van der Waals surface area contributed by atoms with Crippen LogP contribution in [0.3, 0.4) is 0 Å². The van der Waals surface area contributed by atoms with Crippen LogP contribution in [0, 0.1) is 5.82 Å². The van der Waals surface area contributed by atoms with Crippen LogP contribution in [0.4, 0.5) is 4.39 Å². The Morgan fingerprint density at radius 3 is 2.33 bits per heavy atom. The number of piperazine rings is 1. The summed E-state index contributed by atoms with van der Waals surface area (Å²) in [5.41, 5.74) is -0.513. The number of rotatable bonds is 3. The van der Waals surface area contributed by atoms with Crippen LogP contribution in [0.5, 0.6) is 0 Å². The quantitative estimate of drug-likeness (QED) is 0.917. The summed E-state index contributed by atoms with van der Waals surface area (Å²) in [5, 5.41) is 10.4. The molecule has 1 aromatic carbocycles. The van der Waals surface area contributed by atoms with E-state index in [2.05, 4.69) is 0 Å². The summed E-state index contributed by atoms with van der Waals surface area (Å²) in [6.07, 6.45) is 3.50. The first-order valence-electron chi connectivity index (χ1n) is 8.52. The first-order valence-corrected chi connectivity index (χ1v) is 8.52. The second-order valence-electron chi connectivity index (χ2n) is 6.79. The van der Waals surface area contributed by atoms with Crippen molar-refractivity contribution < 1.29 is 19.1 Å². The topological polar surface area (TPSA) is 60.9 Å². The number of aliphatic hydroxyl groups is 1. The molecule has 6 heteroatoms. The van der Waals surface area contributed by atoms with Gasteiger partial charge in [-0.05, 0) is 31.0 Å². The van der Waals surface area contributed by atoms with Crippen LogP contribution in [0.1, 0.15) is 42.5 Å². The van der Waals surface area contributed by atoms with Gasteiger partial charge in [0.1, 0.15) is 5.82 Å². The van der Waals surface area contributed by atoms with Gasteiger partial charge in [-0.1, -0.05) is 18.9 Å². The molecule has 24 heavy (non-hydrogen) atoms. The normalized spacial score (nSPS) is 20.2. The minimum atomic E-state index is -0.842. The van der Waals surface area contributed by atoms with E-state index in [-0.39, 0.29) is 18.2 Å². The molecule has 0 spiro atoms. The zero-order chi connectivity index (χ0) is 17.2. The predicted molar refractivity (Wildman–Crippen MR) is 86.9 cm³/mol. The third-order valence-electron chi connectivity index (χ3n) is 5.01. The average Bonchev–Trinajstić information content (AvgIpc) is 3.00.